The number of hydrogen-bond donors (Lipinski definition) is 0. The first-order chi connectivity index (χ1) is 12.5. The van der Waals surface area contributed by atoms with Crippen LogP contribution in [0.3, 0.4) is 0 Å². The number of azo groups is 1. The maximum Gasteiger partial charge on any atom is 0.164 e. The highest BCUT2D eigenvalue weighted by molar-refractivity contribution is 5.07. The number of nitriles is 2. The first kappa shape index (κ1) is 20.7. The van der Waals surface area contributed by atoms with E-state index in [1.54, 1.807) is 13.8 Å². The van der Waals surface area contributed by atoms with E-state index < -0.39 is 11.1 Å². The van der Waals surface area contributed by atoms with Crippen LogP contribution in [0.1, 0.15) is 39.5 Å². The van der Waals surface area contributed by atoms with Crippen molar-refractivity contribution in [2.24, 2.45) is 10.2 Å². The van der Waals surface area contributed by atoms with Crippen LogP contribution in [0, 0.1) is 22.7 Å². The van der Waals surface area contributed by atoms with Crippen LogP contribution in [0.4, 0.5) is 0 Å². The van der Waals surface area contributed by atoms with Gasteiger partial charge in [-0.2, -0.15) is 20.8 Å². The number of rotatable bonds is 14. The number of hydrogen-bond acceptors (Lipinski definition) is 8. The van der Waals surface area contributed by atoms with Crippen molar-refractivity contribution in [1.29, 1.82) is 10.5 Å². The second kappa shape index (κ2) is 9.94. The van der Waals surface area contributed by atoms with Crippen LogP contribution < -0.4 is 0 Å². The van der Waals surface area contributed by atoms with Gasteiger partial charge in [0.05, 0.1) is 38.6 Å². The number of ether oxygens (including phenoxy) is 4. The summed E-state index contributed by atoms with van der Waals surface area (Å²) in [5.41, 5.74) is -1.89. The lowest BCUT2D eigenvalue weighted by Gasteiger charge is -2.19. The second-order valence-electron chi connectivity index (χ2n) is 7.24. The molecule has 8 nitrogen and oxygen atoms in total. The molecule has 144 valence electrons. The van der Waals surface area contributed by atoms with Gasteiger partial charge < -0.3 is 18.9 Å². The monoisotopic (exact) mass is 364 g/mol. The quantitative estimate of drug-likeness (QED) is 0.265. The molecule has 0 amide bonds. The summed E-state index contributed by atoms with van der Waals surface area (Å²) in [6, 6.07) is 4.39. The van der Waals surface area contributed by atoms with Gasteiger partial charge in [-0.3, -0.25) is 0 Å². The van der Waals surface area contributed by atoms with Crippen LogP contribution in [0.25, 0.3) is 0 Å². The van der Waals surface area contributed by atoms with Crippen molar-refractivity contribution < 1.29 is 18.9 Å². The Kier molecular flexibility index (Phi) is 7.92. The minimum Gasteiger partial charge on any atom is -0.379 e. The largest absolute Gasteiger partial charge is 0.379 e. The topological polar surface area (TPSA) is 116 Å². The van der Waals surface area contributed by atoms with E-state index >= 15 is 0 Å². The zero-order valence-electron chi connectivity index (χ0n) is 15.6. The Bertz CT molecular complexity index is 502. The van der Waals surface area contributed by atoms with Crippen LogP contribution in [0.15, 0.2) is 10.2 Å². The molecule has 4 atom stereocenters. The lowest BCUT2D eigenvalue weighted by atomic mass is 9.98. The van der Waals surface area contributed by atoms with Crippen molar-refractivity contribution >= 4 is 0 Å². The van der Waals surface area contributed by atoms with E-state index in [-0.39, 0.29) is 12.2 Å². The van der Waals surface area contributed by atoms with Crippen LogP contribution in [-0.4, -0.2) is 62.9 Å². The Morgan fingerprint density at radius 3 is 1.58 bits per heavy atom. The third-order valence-electron chi connectivity index (χ3n) is 4.29. The van der Waals surface area contributed by atoms with Gasteiger partial charge in [-0.15, -0.1) is 0 Å². The summed E-state index contributed by atoms with van der Waals surface area (Å²) in [4.78, 5) is 0. The number of nitrogens with zero attached hydrogens (tertiary/aromatic N) is 4. The maximum absolute atomic E-state index is 9.43. The lowest BCUT2D eigenvalue weighted by molar-refractivity contribution is 0.110. The summed E-state index contributed by atoms with van der Waals surface area (Å²) in [6.07, 6.45) is 2.96. The van der Waals surface area contributed by atoms with Crippen molar-refractivity contribution in [3.05, 3.63) is 0 Å². The van der Waals surface area contributed by atoms with E-state index in [2.05, 4.69) is 22.4 Å². The molecule has 0 aromatic heterocycles. The summed E-state index contributed by atoms with van der Waals surface area (Å²) < 4.78 is 21.1. The molecule has 0 saturated carbocycles. The Morgan fingerprint density at radius 1 is 0.885 bits per heavy atom. The average molecular weight is 364 g/mol. The highest BCUT2D eigenvalue weighted by atomic mass is 16.6. The first-order valence-electron chi connectivity index (χ1n) is 9.14. The van der Waals surface area contributed by atoms with Gasteiger partial charge in [0.25, 0.3) is 0 Å². The fourth-order valence-electron chi connectivity index (χ4n) is 2.27. The average Bonchev–Trinajstić information content (AvgIpc) is 3.54. The first-order valence-corrected chi connectivity index (χ1v) is 9.14. The molecule has 0 radical (unpaired) electrons. The van der Waals surface area contributed by atoms with E-state index in [9.17, 15) is 10.5 Å². The van der Waals surface area contributed by atoms with Crippen LogP contribution >= 0.6 is 0 Å². The van der Waals surface area contributed by atoms with Gasteiger partial charge in [0, 0.05) is 13.2 Å². The molecule has 0 aliphatic carbocycles. The van der Waals surface area contributed by atoms with Crippen molar-refractivity contribution in [3.63, 3.8) is 0 Å². The maximum atomic E-state index is 9.43. The molecule has 0 N–H and O–H groups in total. The van der Waals surface area contributed by atoms with Crippen LogP contribution in [-0.2, 0) is 18.9 Å². The van der Waals surface area contributed by atoms with Gasteiger partial charge in [-0.25, -0.2) is 0 Å². The van der Waals surface area contributed by atoms with E-state index in [0.29, 0.717) is 52.1 Å². The molecule has 26 heavy (non-hydrogen) atoms. The van der Waals surface area contributed by atoms with Crippen molar-refractivity contribution in [2.75, 3.05) is 39.6 Å². The molecule has 2 heterocycles. The molecular formula is C18H28N4O4. The van der Waals surface area contributed by atoms with Gasteiger partial charge >= 0.3 is 0 Å². The Morgan fingerprint density at radius 2 is 1.27 bits per heavy atom. The van der Waals surface area contributed by atoms with Gasteiger partial charge in [0.15, 0.2) is 11.1 Å². The predicted molar refractivity (Wildman–Crippen MR) is 92.5 cm³/mol. The normalized spacial score (nSPS) is 25.8. The zero-order valence-corrected chi connectivity index (χ0v) is 15.6. The van der Waals surface area contributed by atoms with Crippen molar-refractivity contribution in [2.45, 2.75) is 62.8 Å². The highest BCUT2D eigenvalue weighted by Crippen LogP contribution is 2.23. The molecule has 2 saturated heterocycles. The Balaban J connectivity index is 1.69. The molecular weight excluding hydrogens is 336 g/mol. The lowest BCUT2D eigenvalue weighted by Crippen LogP contribution is -2.24. The van der Waals surface area contributed by atoms with Crippen LogP contribution in [0.2, 0.25) is 0 Å². The summed E-state index contributed by atoms with van der Waals surface area (Å²) >= 11 is 0. The third-order valence-corrected chi connectivity index (χ3v) is 4.29. The Hall–Kier alpha value is -1.58. The number of epoxide rings is 2. The molecule has 0 spiro atoms. The molecule has 4 unspecified atom stereocenters. The summed E-state index contributed by atoms with van der Waals surface area (Å²) in [6.45, 7) is 7.34. The predicted octanol–water partition coefficient (Wildman–Crippen LogP) is 2.39. The molecule has 2 aliphatic heterocycles. The van der Waals surface area contributed by atoms with Gasteiger partial charge in [-0.1, -0.05) is 0 Å². The minimum absolute atomic E-state index is 0.245. The minimum atomic E-state index is -0.947. The van der Waals surface area contributed by atoms with Crippen molar-refractivity contribution in [3.8, 4) is 12.1 Å². The van der Waals surface area contributed by atoms with Gasteiger partial charge in [0.2, 0.25) is 0 Å². The third kappa shape index (κ3) is 8.20. The van der Waals surface area contributed by atoms with E-state index in [0.717, 1.165) is 13.2 Å². The second-order valence-corrected chi connectivity index (χ2v) is 7.24. The van der Waals surface area contributed by atoms with Gasteiger partial charge in [0.1, 0.15) is 12.2 Å². The van der Waals surface area contributed by atoms with Crippen molar-refractivity contribution in [1.82, 2.24) is 0 Å². The SMILES string of the molecule is CC(C#N)(CCCOCC1CO1)N=NC(C)(C#N)CCCOCC1CO1. The summed E-state index contributed by atoms with van der Waals surface area (Å²) in [5.74, 6) is 0. The smallest absolute Gasteiger partial charge is 0.164 e. The fraction of sp³-hybridized carbons (Fsp3) is 0.889. The standard InChI is InChI=1S/C18H28N4O4/c1-17(13-19,5-3-7-23-9-15-11-25-15)21-22-18(2,14-20)6-4-8-24-10-16-12-26-16/h15-16H,3-12H2,1-2H3. The van der Waals surface area contributed by atoms with E-state index in [1.165, 1.54) is 0 Å². The molecule has 0 aromatic rings. The Labute approximate surface area is 155 Å². The molecule has 2 aliphatic rings. The fourth-order valence-corrected chi connectivity index (χ4v) is 2.27. The van der Waals surface area contributed by atoms with E-state index in [4.69, 9.17) is 18.9 Å². The summed E-state index contributed by atoms with van der Waals surface area (Å²) in [7, 11) is 0. The molecule has 2 fully saturated rings. The molecule has 2 rings (SSSR count). The molecule has 0 aromatic carbocycles. The molecule has 0 bridgehead atoms. The zero-order chi connectivity index (χ0) is 18.9. The molecule has 8 heteroatoms. The van der Waals surface area contributed by atoms with Gasteiger partial charge in [-0.05, 0) is 39.5 Å². The van der Waals surface area contributed by atoms with Crippen LogP contribution in [0.5, 0.6) is 0 Å². The van der Waals surface area contributed by atoms with E-state index in [1.807, 2.05) is 0 Å². The summed E-state index contributed by atoms with van der Waals surface area (Å²) in [5, 5.41) is 27.3. The highest BCUT2D eigenvalue weighted by Gasteiger charge is 2.28.